The minimum Gasteiger partial charge on any atom is -0.468 e. The fourth-order valence-corrected chi connectivity index (χ4v) is 1.02. The maximum atomic E-state index is 11.1. The summed E-state index contributed by atoms with van der Waals surface area (Å²) in [5.74, 6) is -0.447. The molecule has 72 valence electrons. The van der Waals surface area contributed by atoms with Gasteiger partial charge in [-0.3, -0.25) is 0 Å². The van der Waals surface area contributed by atoms with Gasteiger partial charge >= 0.3 is 11.7 Å². The van der Waals surface area contributed by atoms with Crippen molar-refractivity contribution in [3.8, 4) is 0 Å². The van der Waals surface area contributed by atoms with Crippen LogP contribution in [0.1, 0.15) is 11.7 Å². The summed E-state index contributed by atoms with van der Waals surface area (Å²) in [5.41, 5.74) is 0.110. The number of imidazole rings is 1. The van der Waals surface area contributed by atoms with E-state index in [9.17, 15) is 9.59 Å². The summed E-state index contributed by atoms with van der Waals surface area (Å²) < 4.78 is 4.53. The van der Waals surface area contributed by atoms with Crippen LogP contribution < -0.4 is 11.0 Å². The maximum Gasteiger partial charge on any atom is 0.329 e. The van der Waals surface area contributed by atoms with E-state index >= 15 is 0 Å². The van der Waals surface area contributed by atoms with Crippen molar-refractivity contribution in [1.82, 2.24) is 15.3 Å². The number of carbonyl (C=O) groups excluding carboxylic acids is 1. The molecule has 13 heavy (non-hydrogen) atoms. The predicted octanol–water partition coefficient (Wildman–Crippen LogP) is -0.864. The molecule has 0 saturated heterocycles. The third kappa shape index (κ3) is 1.97. The predicted molar refractivity (Wildman–Crippen MR) is 45.2 cm³/mol. The van der Waals surface area contributed by atoms with Crippen molar-refractivity contribution in [3.05, 3.63) is 22.4 Å². The van der Waals surface area contributed by atoms with Gasteiger partial charge in [-0.25, -0.2) is 9.59 Å². The molecule has 0 bridgehead atoms. The van der Waals surface area contributed by atoms with Crippen molar-refractivity contribution in [2.45, 2.75) is 6.04 Å². The van der Waals surface area contributed by atoms with E-state index < -0.39 is 12.0 Å². The standard InChI is InChI=1S/C7H11N3O3/c1-8-5(6(11)13-2)4-3-9-7(12)10-4/h3,5,8H,1-2H3,(H2,9,10,12). The molecule has 0 aromatic carbocycles. The molecule has 3 N–H and O–H groups in total. The van der Waals surface area contributed by atoms with E-state index in [-0.39, 0.29) is 5.69 Å². The normalized spacial score (nSPS) is 12.5. The number of likely N-dealkylation sites (N-methyl/N-ethyl adjacent to an activating group) is 1. The Balaban J connectivity index is 2.90. The highest BCUT2D eigenvalue weighted by atomic mass is 16.5. The Morgan fingerprint density at radius 3 is 2.77 bits per heavy atom. The second kappa shape index (κ2) is 3.90. The highest BCUT2D eigenvalue weighted by Crippen LogP contribution is 2.07. The van der Waals surface area contributed by atoms with Crippen LogP contribution in [-0.2, 0) is 9.53 Å². The van der Waals surface area contributed by atoms with Crippen LogP contribution in [0.15, 0.2) is 11.0 Å². The number of ether oxygens (including phenoxy) is 1. The Bertz CT molecular complexity index is 341. The first kappa shape index (κ1) is 9.53. The van der Waals surface area contributed by atoms with Crippen LogP contribution in [0, 0.1) is 0 Å². The van der Waals surface area contributed by atoms with E-state index in [1.807, 2.05) is 0 Å². The van der Waals surface area contributed by atoms with Gasteiger partial charge < -0.3 is 20.0 Å². The van der Waals surface area contributed by atoms with Crippen molar-refractivity contribution in [2.75, 3.05) is 14.2 Å². The third-order valence-corrected chi connectivity index (χ3v) is 1.65. The van der Waals surface area contributed by atoms with Crippen LogP contribution in [0.25, 0.3) is 0 Å². The number of aromatic nitrogens is 2. The zero-order chi connectivity index (χ0) is 9.84. The molecule has 0 fully saturated rings. The first-order valence-corrected chi connectivity index (χ1v) is 3.71. The third-order valence-electron chi connectivity index (χ3n) is 1.65. The lowest BCUT2D eigenvalue weighted by atomic mass is 10.2. The van der Waals surface area contributed by atoms with Crippen LogP contribution in [0.3, 0.4) is 0 Å². The van der Waals surface area contributed by atoms with Gasteiger partial charge in [-0.05, 0) is 7.05 Å². The molecule has 1 unspecified atom stereocenters. The Morgan fingerprint density at radius 2 is 2.38 bits per heavy atom. The SMILES string of the molecule is CNC(C(=O)OC)c1c[nH]c(=O)[nH]1. The molecule has 1 heterocycles. The largest absolute Gasteiger partial charge is 0.468 e. The summed E-state index contributed by atoms with van der Waals surface area (Å²) in [6.45, 7) is 0. The van der Waals surface area contributed by atoms with E-state index in [4.69, 9.17) is 0 Å². The summed E-state index contributed by atoms with van der Waals surface area (Å²) in [5, 5.41) is 2.72. The van der Waals surface area contributed by atoms with Crippen molar-refractivity contribution in [3.63, 3.8) is 0 Å². The molecule has 0 saturated carbocycles. The number of esters is 1. The topological polar surface area (TPSA) is 87.0 Å². The lowest BCUT2D eigenvalue weighted by Crippen LogP contribution is -2.27. The van der Waals surface area contributed by atoms with Crippen LogP contribution >= 0.6 is 0 Å². The molecule has 1 aromatic rings. The number of hydrogen-bond donors (Lipinski definition) is 3. The molecule has 6 heteroatoms. The smallest absolute Gasteiger partial charge is 0.329 e. The monoisotopic (exact) mass is 185 g/mol. The second-order valence-corrected chi connectivity index (χ2v) is 2.44. The first-order chi connectivity index (χ1) is 6.19. The number of aromatic amines is 2. The Hall–Kier alpha value is -1.56. The van der Waals surface area contributed by atoms with Crippen LogP contribution in [0.5, 0.6) is 0 Å². The minimum atomic E-state index is -0.635. The molecular weight excluding hydrogens is 174 g/mol. The van der Waals surface area contributed by atoms with Gasteiger partial charge in [0.2, 0.25) is 0 Å². The minimum absolute atomic E-state index is 0.348. The second-order valence-electron chi connectivity index (χ2n) is 2.44. The van der Waals surface area contributed by atoms with Gasteiger partial charge in [0.15, 0.2) is 0 Å². The average Bonchev–Trinajstić information content (AvgIpc) is 2.53. The number of hydrogen-bond acceptors (Lipinski definition) is 4. The van der Waals surface area contributed by atoms with Crippen LogP contribution in [-0.4, -0.2) is 30.1 Å². The van der Waals surface area contributed by atoms with Gasteiger partial charge in [0.1, 0.15) is 6.04 Å². The number of methoxy groups -OCH3 is 1. The molecule has 0 aliphatic carbocycles. The Labute approximate surface area is 74.3 Å². The quantitative estimate of drug-likeness (QED) is 0.534. The average molecular weight is 185 g/mol. The molecule has 6 nitrogen and oxygen atoms in total. The lowest BCUT2D eigenvalue weighted by molar-refractivity contribution is -0.143. The van der Waals surface area contributed by atoms with Gasteiger partial charge in [0, 0.05) is 6.20 Å². The molecule has 1 atom stereocenters. The summed E-state index contributed by atoms with van der Waals surface area (Å²) in [6.07, 6.45) is 1.43. The van der Waals surface area contributed by atoms with Gasteiger partial charge in [0.05, 0.1) is 12.8 Å². The van der Waals surface area contributed by atoms with Crippen molar-refractivity contribution < 1.29 is 9.53 Å². The molecule has 0 spiro atoms. The Kier molecular flexibility index (Phi) is 2.86. The highest BCUT2D eigenvalue weighted by Gasteiger charge is 2.20. The first-order valence-electron chi connectivity index (χ1n) is 3.71. The van der Waals surface area contributed by atoms with E-state index in [1.54, 1.807) is 7.05 Å². The molecule has 0 aliphatic rings. The lowest BCUT2D eigenvalue weighted by Gasteiger charge is -2.10. The molecule has 0 radical (unpaired) electrons. The van der Waals surface area contributed by atoms with E-state index in [0.717, 1.165) is 0 Å². The number of H-pyrrole nitrogens is 2. The fraction of sp³-hybridized carbons (Fsp3) is 0.429. The van der Waals surface area contributed by atoms with Crippen LogP contribution in [0.2, 0.25) is 0 Å². The van der Waals surface area contributed by atoms with E-state index in [1.165, 1.54) is 13.3 Å². The summed E-state index contributed by atoms with van der Waals surface area (Å²) in [4.78, 5) is 26.7. The molecule has 1 aromatic heterocycles. The highest BCUT2D eigenvalue weighted by molar-refractivity contribution is 5.76. The number of carbonyl (C=O) groups is 1. The van der Waals surface area contributed by atoms with Gasteiger partial charge in [0.25, 0.3) is 0 Å². The maximum absolute atomic E-state index is 11.1. The molecule has 0 amide bonds. The van der Waals surface area contributed by atoms with Gasteiger partial charge in [-0.2, -0.15) is 0 Å². The zero-order valence-electron chi connectivity index (χ0n) is 7.38. The van der Waals surface area contributed by atoms with E-state index in [2.05, 4.69) is 20.0 Å². The van der Waals surface area contributed by atoms with E-state index in [0.29, 0.717) is 5.69 Å². The Morgan fingerprint density at radius 1 is 1.69 bits per heavy atom. The molecular formula is C7H11N3O3. The van der Waals surface area contributed by atoms with Crippen molar-refractivity contribution in [2.24, 2.45) is 0 Å². The van der Waals surface area contributed by atoms with Crippen molar-refractivity contribution in [1.29, 1.82) is 0 Å². The van der Waals surface area contributed by atoms with Gasteiger partial charge in [-0.1, -0.05) is 0 Å². The van der Waals surface area contributed by atoms with Crippen molar-refractivity contribution >= 4 is 5.97 Å². The molecule has 1 rings (SSSR count). The summed E-state index contributed by atoms with van der Waals surface area (Å²) in [7, 11) is 2.89. The number of nitrogens with one attached hydrogen (secondary N) is 3. The molecule has 0 aliphatic heterocycles. The van der Waals surface area contributed by atoms with Crippen LogP contribution in [0.4, 0.5) is 0 Å². The summed E-state index contributed by atoms with van der Waals surface area (Å²) in [6, 6.07) is -0.635. The zero-order valence-corrected chi connectivity index (χ0v) is 7.38. The fourth-order valence-electron chi connectivity index (χ4n) is 1.02. The number of rotatable bonds is 3. The summed E-state index contributed by atoms with van der Waals surface area (Å²) >= 11 is 0. The van der Waals surface area contributed by atoms with Gasteiger partial charge in [-0.15, -0.1) is 0 Å².